The molecule has 0 fully saturated rings. The number of hydrogen-bond donors (Lipinski definition) is 0. The van der Waals surface area contributed by atoms with Crippen LogP contribution in [0.4, 0.5) is 26.3 Å². The first-order chi connectivity index (χ1) is 13.9. The number of ether oxygens (including phenoxy) is 2. The molecule has 11 heteroatoms. The number of alkyl halides is 8. The molecule has 164 valence electrons. The van der Waals surface area contributed by atoms with Crippen LogP contribution in [0.25, 0.3) is 0 Å². The lowest BCUT2D eigenvalue weighted by molar-refractivity contribution is -0.275. The molecule has 0 aliphatic carbocycles. The van der Waals surface area contributed by atoms with Crippen LogP contribution in [0.3, 0.4) is 0 Å². The van der Waals surface area contributed by atoms with Crippen molar-refractivity contribution < 1.29 is 40.6 Å². The van der Waals surface area contributed by atoms with Crippen LogP contribution in [-0.2, 0) is 4.79 Å². The molecule has 0 heterocycles. The summed E-state index contributed by atoms with van der Waals surface area (Å²) in [7, 11) is 0. The Morgan fingerprint density at radius 2 is 1.00 bits per heavy atom. The Morgan fingerprint density at radius 1 is 0.700 bits per heavy atom. The number of rotatable bonds is 8. The number of carbonyl (C=O) groups is 1. The second-order valence-electron chi connectivity index (χ2n) is 6.05. The molecular weight excluding hydrogens is 550 g/mol. The predicted octanol–water partition coefficient (Wildman–Crippen LogP) is 6.71. The van der Waals surface area contributed by atoms with Gasteiger partial charge in [-0.05, 0) is 35.4 Å². The number of hydrogen-bond acceptors (Lipinski definition) is 3. The van der Waals surface area contributed by atoms with Crippen LogP contribution in [0.15, 0.2) is 48.5 Å². The molecule has 0 aromatic heterocycles. The third-order valence-electron chi connectivity index (χ3n) is 4.03. The van der Waals surface area contributed by atoms with E-state index in [1.54, 1.807) is 0 Å². The monoisotopic (exact) mass is 562 g/mol. The van der Waals surface area contributed by atoms with Crippen molar-refractivity contribution >= 4 is 37.6 Å². The minimum Gasteiger partial charge on any atom is -0.406 e. The minimum absolute atomic E-state index is 0.198. The molecule has 2 unspecified atom stereocenters. The second kappa shape index (κ2) is 10.0. The number of Topliss-reactive ketones (excluding diaryl/α,β-unsaturated/α-hetero) is 1. The van der Waals surface area contributed by atoms with Crippen molar-refractivity contribution in [1.29, 1.82) is 0 Å². The number of carbonyl (C=O) groups excluding carboxylic acids is 1. The highest BCUT2D eigenvalue weighted by molar-refractivity contribution is 9.09. The Labute approximate surface area is 184 Å². The van der Waals surface area contributed by atoms with Crippen molar-refractivity contribution in [3.8, 4) is 11.5 Å². The molecule has 0 amide bonds. The van der Waals surface area contributed by atoms with E-state index in [4.69, 9.17) is 0 Å². The highest BCUT2D eigenvalue weighted by Gasteiger charge is 2.33. The van der Waals surface area contributed by atoms with Gasteiger partial charge in [0.25, 0.3) is 0 Å². The van der Waals surface area contributed by atoms with Crippen LogP contribution >= 0.6 is 31.9 Å². The van der Waals surface area contributed by atoms with Gasteiger partial charge in [0.2, 0.25) is 0 Å². The molecule has 2 aromatic carbocycles. The summed E-state index contributed by atoms with van der Waals surface area (Å²) in [5.74, 6) is -2.48. The van der Waals surface area contributed by atoms with E-state index in [0.717, 1.165) is 24.3 Å². The fraction of sp³-hybridized carbons (Fsp3) is 0.316. The molecule has 0 N–H and O–H groups in total. The van der Waals surface area contributed by atoms with Crippen molar-refractivity contribution in [1.82, 2.24) is 0 Å². The second-order valence-corrected chi connectivity index (χ2v) is 7.34. The molecule has 0 aliphatic rings. The Balaban J connectivity index is 2.20. The van der Waals surface area contributed by atoms with Crippen molar-refractivity contribution in [3.05, 3.63) is 59.7 Å². The topological polar surface area (TPSA) is 35.5 Å². The van der Waals surface area contributed by atoms with Gasteiger partial charge in [-0.1, -0.05) is 56.1 Å². The third-order valence-corrected chi connectivity index (χ3v) is 5.32. The molecule has 2 atom stereocenters. The Kier molecular flexibility index (Phi) is 8.20. The summed E-state index contributed by atoms with van der Waals surface area (Å²) < 4.78 is 81.4. The van der Waals surface area contributed by atoms with Crippen LogP contribution < -0.4 is 9.47 Å². The maximum absolute atomic E-state index is 13.1. The Bertz CT molecular complexity index is 766. The summed E-state index contributed by atoms with van der Waals surface area (Å²) in [5, 5.41) is 0.397. The third kappa shape index (κ3) is 7.19. The molecule has 0 spiro atoms. The largest absolute Gasteiger partial charge is 0.573 e. The lowest BCUT2D eigenvalue weighted by Crippen LogP contribution is -2.23. The summed E-state index contributed by atoms with van der Waals surface area (Å²) >= 11 is 6.49. The van der Waals surface area contributed by atoms with Crippen LogP contribution in [0.2, 0.25) is 0 Å². The van der Waals surface area contributed by atoms with E-state index in [0.29, 0.717) is 11.1 Å². The summed E-state index contributed by atoms with van der Waals surface area (Å²) in [4.78, 5) is 13.1. The van der Waals surface area contributed by atoms with E-state index in [1.807, 2.05) is 0 Å². The average Bonchev–Trinajstić information content (AvgIpc) is 2.63. The zero-order chi connectivity index (χ0) is 22.5. The quantitative estimate of drug-likeness (QED) is 0.264. The van der Waals surface area contributed by atoms with Crippen LogP contribution in [0.5, 0.6) is 11.5 Å². The Hall–Kier alpha value is -1.75. The zero-order valence-electron chi connectivity index (χ0n) is 14.9. The summed E-state index contributed by atoms with van der Waals surface area (Å²) in [5.41, 5.74) is 0.934. The van der Waals surface area contributed by atoms with Crippen LogP contribution in [-0.4, -0.2) is 29.2 Å². The van der Waals surface area contributed by atoms with Gasteiger partial charge in [-0.2, -0.15) is 0 Å². The molecule has 0 bridgehead atoms. The zero-order valence-corrected chi connectivity index (χ0v) is 18.1. The SMILES string of the molecule is O=C(C(CBr)c1ccc(OC(F)(F)F)cc1)C(CBr)c1ccc(OC(F)(F)F)cc1. The van der Waals surface area contributed by atoms with Gasteiger partial charge in [-0.15, -0.1) is 26.3 Å². The van der Waals surface area contributed by atoms with Gasteiger partial charge in [0.05, 0.1) is 11.8 Å². The van der Waals surface area contributed by atoms with E-state index in [2.05, 4.69) is 41.3 Å². The lowest BCUT2D eigenvalue weighted by atomic mass is 9.86. The van der Waals surface area contributed by atoms with Gasteiger partial charge in [-0.3, -0.25) is 4.79 Å². The van der Waals surface area contributed by atoms with E-state index >= 15 is 0 Å². The number of benzene rings is 2. The molecule has 3 nitrogen and oxygen atoms in total. The number of ketones is 1. The van der Waals surface area contributed by atoms with Gasteiger partial charge >= 0.3 is 12.7 Å². The molecule has 30 heavy (non-hydrogen) atoms. The number of halogens is 8. The van der Waals surface area contributed by atoms with E-state index in [-0.39, 0.29) is 16.4 Å². The van der Waals surface area contributed by atoms with E-state index in [9.17, 15) is 31.1 Å². The normalized spacial score (nSPS) is 14.1. The van der Waals surface area contributed by atoms with Crippen LogP contribution in [0, 0.1) is 0 Å². The minimum atomic E-state index is -4.82. The standard InChI is InChI=1S/C19H14Br2F6O3/c20-9-15(11-1-5-13(6-2-11)29-18(22,23)24)17(28)16(10-21)12-3-7-14(8-4-12)30-19(25,26)27/h1-8,15-16H,9-10H2. The van der Waals surface area contributed by atoms with Crippen LogP contribution in [0.1, 0.15) is 23.0 Å². The highest BCUT2D eigenvalue weighted by atomic mass is 79.9. The van der Waals surface area contributed by atoms with Gasteiger partial charge < -0.3 is 9.47 Å². The molecule has 0 saturated heterocycles. The fourth-order valence-corrected chi connectivity index (χ4v) is 4.09. The van der Waals surface area contributed by atoms with Crippen molar-refractivity contribution in [2.45, 2.75) is 24.6 Å². The molecule has 0 radical (unpaired) electrons. The molecule has 0 aliphatic heterocycles. The van der Waals surface area contributed by atoms with Crippen molar-refractivity contribution in [2.24, 2.45) is 0 Å². The maximum atomic E-state index is 13.1. The summed E-state index contributed by atoms with van der Waals surface area (Å²) in [6, 6.07) is 9.87. The molecule has 2 aromatic rings. The molecule has 0 saturated carbocycles. The van der Waals surface area contributed by atoms with Gasteiger partial charge in [0.1, 0.15) is 17.3 Å². The molecule has 2 rings (SSSR count). The van der Waals surface area contributed by atoms with E-state index in [1.165, 1.54) is 24.3 Å². The first-order valence-corrected chi connectivity index (χ1v) is 10.5. The predicted molar refractivity (Wildman–Crippen MR) is 104 cm³/mol. The highest BCUT2D eigenvalue weighted by Crippen LogP contribution is 2.32. The summed E-state index contributed by atoms with van der Waals surface area (Å²) in [6.07, 6.45) is -9.65. The first-order valence-electron chi connectivity index (χ1n) is 8.30. The van der Waals surface area contributed by atoms with Gasteiger partial charge in [0, 0.05) is 10.7 Å². The van der Waals surface area contributed by atoms with Gasteiger partial charge in [-0.25, -0.2) is 0 Å². The Morgan fingerprint density at radius 3 is 1.23 bits per heavy atom. The summed E-state index contributed by atoms with van der Waals surface area (Å²) in [6.45, 7) is 0. The first kappa shape index (κ1) is 24.5. The van der Waals surface area contributed by atoms with Crippen molar-refractivity contribution in [3.63, 3.8) is 0 Å². The fourth-order valence-electron chi connectivity index (χ4n) is 2.71. The maximum Gasteiger partial charge on any atom is 0.573 e. The van der Waals surface area contributed by atoms with E-state index < -0.39 is 36.1 Å². The molecular formula is C19H14Br2F6O3. The van der Waals surface area contributed by atoms with Gasteiger partial charge in [0.15, 0.2) is 0 Å². The lowest BCUT2D eigenvalue weighted by Gasteiger charge is -2.21. The average molecular weight is 564 g/mol. The van der Waals surface area contributed by atoms with Crippen molar-refractivity contribution in [2.75, 3.05) is 10.7 Å². The smallest absolute Gasteiger partial charge is 0.406 e.